The summed E-state index contributed by atoms with van der Waals surface area (Å²) in [6.07, 6.45) is -0.784. The van der Waals surface area contributed by atoms with E-state index in [1.165, 1.54) is 18.9 Å². The summed E-state index contributed by atoms with van der Waals surface area (Å²) in [5.41, 5.74) is -0.179. The summed E-state index contributed by atoms with van der Waals surface area (Å²) in [5.74, 6) is 0. The molecule has 1 aromatic rings. The molecule has 2 nitrogen and oxygen atoms in total. The van der Waals surface area contributed by atoms with Crippen molar-refractivity contribution in [3.05, 3.63) is 35.4 Å². The molecule has 20 heavy (non-hydrogen) atoms. The van der Waals surface area contributed by atoms with Gasteiger partial charge in [-0.25, -0.2) is 0 Å². The Kier molecular flexibility index (Phi) is 5.05. The van der Waals surface area contributed by atoms with Crippen molar-refractivity contribution in [2.24, 2.45) is 0 Å². The van der Waals surface area contributed by atoms with E-state index in [1.807, 2.05) is 11.9 Å². The lowest BCUT2D eigenvalue weighted by molar-refractivity contribution is -0.138. The number of halogens is 3. The highest BCUT2D eigenvalue weighted by Crippen LogP contribution is 2.32. The van der Waals surface area contributed by atoms with E-state index >= 15 is 0 Å². The predicted octanol–water partition coefficient (Wildman–Crippen LogP) is 3.28. The quantitative estimate of drug-likeness (QED) is 0.914. The first kappa shape index (κ1) is 15.3. The third kappa shape index (κ3) is 4.21. The van der Waals surface area contributed by atoms with Crippen LogP contribution in [-0.2, 0) is 12.7 Å². The van der Waals surface area contributed by atoms with Crippen molar-refractivity contribution in [2.45, 2.75) is 38.0 Å². The van der Waals surface area contributed by atoms with Gasteiger partial charge in [0, 0.05) is 19.1 Å². The molecule has 0 aromatic heterocycles. The minimum atomic E-state index is -4.28. The van der Waals surface area contributed by atoms with Gasteiger partial charge in [0.25, 0.3) is 0 Å². The van der Waals surface area contributed by atoms with Gasteiger partial charge >= 0.3 is 6.18 Å². The first-order valence-corrected chi connectivity index (χ1v) is 7.04. The van der Waals surface area contributed by atoms with Gasteiger partial charge in [-0.05, 0) is 38.1 Å². The summed E-state index contributed by atoms with van der Waals surface area (Å²) in [6.45, 7) is 2.12. The van der Waals surface area contributed by atoms with Crippen LogP contribution in [0.3, 0.4) is 0 Å². The minimum Gasteiger partial charge on any atom is -0.313 e. The molecule has 2 rings (SSSR count). The molecule has 0 radical (unpaired) electrons. The van der Waals surface area contributed by atoms with Gasteiger partial charge in [-0.3, -0.25) is 0 Å². The number of nitrogens with one attached hydrogen (secondary N) is 1. The first-order valence-electron chi connectivity index (χ1n) is 7.04. The fraction of sp³-hybridized carbons (Fsp3) is 0.600. The summed E-state index contributed by atoms with van der Waals surface area (Å²) >= 11 is 0. The highest BCUT2D eigenvalue weighted by Gasteiger charge is 2.33. The number of hydrogen-bond donors (Lipinski definition) is 1. The monoisotopic (exact) mass is 286 g/mol. The van der Waals surface area contributed by atoms with E-state index in [0.717, 1.165) is 25.6 Å². The second-order valence-electron chi connectivity index (χ2n) is 5.50. The highest BCUT2D eigenvalue weighted by molar-refractivity contribution is 5.29. The standard InChI is InChI=1S/C15H21F3N2/c1-20(11-13-7-4-5-9-19-13)10-12-6-2-3-8-14(12)15(16,17)18/h2-3,6,8,13,19H,4-5,7,9-11H2,1H3. The Bertz CT molecular complexity index is 425. The molecular formula is C15H21F3N2. The molecule has 1 atom stereocenters. The maximum absolute atomic E-state index is 12.9. The van der Waals surface area contributed by atoms with E-state index in [1.54, 1.807) is 12.1 Å². The number of rotatable bonds is 4. The summed E-state index contributed by atoms with van der Waals surface area (Å²) in [6, 6.07) is 6.22. The van der Waals surface area contributed by atoms with Gasteiger partial charge in [-0.1, -0.05) is 24.6 Å². The van der Waals surface area contributed by atoms with Crippen molar-refractivity contribution in [3.63, 3.8) is 0 Å². The van der Waals surface area contributed by atoms with Crippen molar-refractivity contribution >= 4 is 0 Å². The van der Waals surface area contributed by atoms with Crippen molar-refractivity contribution < 1.29 is 13.2 Å². The smallest absolute Gasteiger partial charge is 0.313 e. The lowest BCUT2D eigenvalue weighted by atomic mass is 10.0. The number of alkyl halides is 3. The molecule has 0 bridgehead atoms. The summed E-state index contributed by atoms with van der Waals surface area (Å²) in [7, 11) is 1.88. The second kappa shape index (κ2) is 6.59. The molecule has 5 heteroatoms. The summed E-state index contributed by atoms with van der Waals surface area (Å²) < 4.78 is 38.8. The molecule has 0 aliphatic carbocycles. The molecular weight excluding hydrogens is 265 g/mol. The van der Waals surface area contributed by atoms with Gasteiger partial charge in [0.15, 0.2) is 0 Å². The number of likely N-dealkylation sites (N-methyl/N-ethyl adjacent to an activating group) is 1. The Labute approximate surface area is 118 Å². The van der Waals surface area contributed by atoms with Gasteiger partial charge in [-0.2, -0.15) is 13.2 Å². The van der Waals surface area contributed by atoms with Crippen LogP contribution in [0.2, 0.25) is 0 Å². The largest absolute Gasteiger partial charge is 0.416 e. The van der Waals surface area contributed by atoms with Gasteiger partial charge in [-0.15, -0.1) is 0 Å². The van der Waals surface area contributed by atoms with Crippen LogP contribution in [-0.4, -0.2) is 31.1 Å². The fourth-order valence-corrected chi connectivity index (χ4v) is 2.75. The lowest BCUT2D eigenvalue weighted by Crippen LogP contribution is -2.42. The Morgan fingerprint density at radius 3 is 2.65 bits per heavy atom. The van der Waals surface area contributed by atoms with Gasteiger partial charge in [0.2, 0.25) is 0 Å². The maximum atomic E-state index is 12.9. The van der Waals surface area contributed by atoms with E-state index in [2.05, 4.69) is 5.32 Å². The van der Waals surface area contributed by atoms with Crippen molar-refractivity contribution in [1.29, 1.82) is 0 Å². The van der Waals surface area contributed by atoms with E-state index in [0.29, 0.717) is 18.2 Å². The van der Waals surface area contributed by atoms with E-state index in [9.17, 15) is 13.2 Å². The molecule has 1 aromatic carbocycles. The third-order valence-corrected chi connectivity index (χ3v) is 3.71. The Hall–Kier alpha value is -1.07. The van der Waals surface area contributed by atoms with Crippen LogP contribution in [0.25, 0.3) is 0 Å². The van der Waals surface area contributed by atoms with Crippen LogP contribution in [0.15, 0.2) is 24.3 Å². The predicted molar refractivity (Wildman–Crippen MR) is 73.4 cm³/mol. The summed E-state index contributed by atoms with van der Waals surface area (Å²) in [5, 5.41) is 3.42. The van der Waals surface area contributed by atoms with Gasteiger partial charge < -0.3 is 10.2 Å². The lowest BCUT2D eigenvalue weighted by Gasteiger charge is -2.28. The van der Waals surface area contributed by atoms with E-state index in [-0.39, 0.29) is 0 Å². The van der Waals surface area contributed by atoms with Crippen LogP contribution in [0.4, 0.5) is 13.2 Å². The van der Waals surface area contributed by atoms with Crippen LogP contribution in [0.1, 0.15) is 30.4 Å². The van der Waals surface area contributed by atoms with Crippen LogP contribution >= 0.6 is 0 Å². The molecule has 1 fully saturated rings. The number of benzene rings is 1. The average molecular weight is 286 g/mol. The maximum Gasteiger partial charge on any atom is 0.416 e. The molecule has 1 aliphatic rings. The van der Waals surface area contributed by atoms with E-state index < -0.39 is 11.7 Å². The normalized spacial score (nSPS) is 20.4. The molecule has 0 amide bonds. The minimum absolute atomic E-state index is 0.327. The number of hydrogen-bond acceptors (Lipinski definition) is 2. The van der Waals surface area contributed by atoms with Gasteiger partial charge in [0.1, 0.15) is 0 Å². The van der Waals surface area contributed by atoms with Crippen LogP contribution in [0, 0.1) is 0 Å². The van der Waals surface area contributed by atoms with Crippen LogP contribution in [0.5, 0.6) is 0 Å². The molecule has 1 aliphatic heterocycles. The molecule has 1 unspecified atom stereocenters. The molecule has 0 spiro atoms. The van der Waals surface area contributed by atoms with Crippen molar-refractivity contribution in [2.75, 3.05) is 20.1 Å². The third-order valence-electron chi connectivity index (χ3n) is 3.71. The molecule has 112 valence electrons. The molecule has 1 N–H and O–H groups in total. The zero-order valence-electron chi connectivity index (χ0n) is 11.7. The molecule has 1 heterocycles. The molecule has 0 saturated carbocycles. The zero-order chi connectivity index (χ0) is 14.6. The van der Waals surface area contributed by atoms with Crippen molar-refractivity contribution in [3.8, 4) is 0 Å². The van der Waals surface area contributed by atoms with Crippen molar-refractivity contribution in [1.82, 2.24) is 10.2 Å². The van der Waals surface area contributed by atoms with Gasteiger partial charge in [0.05, 0.1) is 5.56 Å². The Balaban J connectivity index is 1.98. The second-order valence-corrected chi connectivity index (χ2v) is 5.50. The number of piperidine rings is 1. The first-order chi connectivity index (χ1) is 9.47. The topological polar surface area (TPSA) is 15.3 Å². The Morgan fingerprint density at radius 1 is 1.25 bits per heavy atom. The molecule has 1 saturated heterocycles. The SMILES string of the molecule is CN(Cc1ccccc1C(F)(F)F)CC1CCCCN1. The van der Waals surface area contributed by atoms with Crippen LogP contribution < -0.4 is 5.32 Å². The van der Waals surface area contributed by atoms with E-state index in [4.69, 9.17) is 0 Å². The zero-order valence-corrected chi connectivity index (χ0v) is 11.7. The number of nitrogens with zero attached hydrogens (tertiary/aromatic N) is 1. The highest BCUT2D eigenvalue weighted by atomic mass is 19.4. The Morgan fingerprint density at radius 2 is 2.00 bits per heavy atom. The fourth-order valence-electron chi connectivity index (χ4n) is 2.75. The summed E-state index contributed by atoms with van der Waals surface area (Å²) in [4.78, 5) is 1.97. The average Bonchev–Trinajstić information content (AvgIpc) is 2.39.